The molecule has 0 unspecified atom stereocenters. The third kappa shape index (κ3) is 24.9. The predicted octanol–water partition coefficient (Wildman–Crippen LogP) is 1.41. The SMILES string of the molecule is CCCCCCCCOS(=O)(=O)[O-].CC[NH2+]CC. The van der Waals surface area contributed by atoms with Crippen LogP contribution in [0.5, 0.6) is 0 Å². The van der Waals surface area contributed by atoms with Gasteiger partial charge < -0.3 is 9.87 Å². The number of quaternary nitrogens is 1. The standard InChI is InChI=1S/C8H18O4S.C4H11N/c1-2-3-4-5-6-7-8-12-13(9,10)11;1-3-5-4-2/h2-8H2,1H3,(H,9,10,11);5H,3-4H2,1-2H3. The third-order valence-electron chi connectivity index (χ3n) is 2.30. The maximum atomic E-state index is 9.99. The summed E-state index contributed by atoms with van der Waals surface area (Å²) in [5.74, 6) is 0. The van der Waals surface area contributed by atoms with Crippen molar-refractivity contribution in [3.8, 4) is 0 Å². The van der Waals surface area contributed by atoms with Gasteiger partial charge in [0, 0.05) is 0 Å². The lowest BCUT2D eigenvalue weighted by Gasteiger charge is -2.06. The van der Waals surface area contributed by atoms with Crippen molar-refractivity contribution >= 4 is 10.4 Å². The molecule has 18 heavy (non-hydrogen) atoms. The average molecular weight is 283 g/mol. The molecule has 6 heteroatoms. The summed E-state index contributed by atoms with van der Waals surface area (Å²) in [6, 6.07) is 0. The molecule has 0 bridgehead atoms. The number of unbranched alkanes of at least 4 members (excludes halogenated alkanes) is 5. The summed E-state index contributed by atoms with van der Waals surface area (Å²) in [5.41, 5.74) is 0. The van der Waals surface area contributed by atoms with Gasteiger partial charge in [-0.3, -0.25) is 4.18 Å². The van der Waals surface area contributed by atoms with Crippen LogP contribution in [0.1, 0.15) is 59.3 Å². The van der Waals surface area contributed by atoms with E-state index in [0.29, 0.717) is 6.42 Å². The minimum atomic E-state index is -4.47. The van der Waals surface area contributed by atoms with Gasteiger partial charge in [0.2, 0.25) is 10.4 Å². The predicted molar refractivity (Wildman–Crippen MR) is 72.0 cm³/mol. The van der Waals surface area contributed by atoms with Gasteiger partial charge in [0.05, 0.1) is 19.7 Å². The topological polar surface area (TPSA) is 83.0 Å². The van der Waals surface area contributed by atoms with E-state index in [1.807, 2.05) is 0 Å². The zero-order valence-electron chi connectivity index (χ0n) is 12.0. The molecule has 0 heterocycles. The second-order valence-electron chi connectivity index (χ2n) is 4.10. The van der Waals surface area contributed by atoms with Crippen LogP contribution in [0.3, 0.4) is 0 Å². The van der Waals surface area contributed by atoms with Gasteiger partial charge >= 0.3 is 0 Å². The summed E-state index contributed by atoms with van der Waals surface area (Å²) >= 11 is 0. The first kappa shape index (κ1) is 20.2. The van der Waals surface area contributed by atoms with Crippen LogP contribution in [-0.4, -0.2) is 32.7 Å². The van der Waals surface area contributed by atoms with Crippen LogP contribution in [0.2, 0.25) is 0 Å². The molecule has 5 nitrogen and oxygen atoms in total. The minimum Gasteiger partial charge on any atom is -0.726 e. The first-order chi connectivity index (χ1) is 8.47. The molecule has 112 valence electrons. The fourth-order valence-electron chi connectivity index (χ4n) is 1.33. The molecule has 0 aromatic heterocycles. The molecule has 0 fully saturated rings. The molecule has 0 amide bonds. The number of hydrogen-bond donors (Lipinski definition) is 1. The van der Waals surface area contributed by atoms with Crippen molar-refractivity contribution in [3.05, 3.63) is 0 Å². The van der Waals surface area contributed by atoms with Gasteiger partial charge in [-0.15, -0.1) is 0 Å². The van der Waals surface area contributed by atoms with Gasteiger partial charge in [-0.05, 0) is 20.3 Å². The second-order valence-corrected chi connectivity index (χ2v) is 5.16. The lowest BCUT2D eigenvalue weighted by atomic mass is 10.1. The van der Waals surface area contributed by atoms with Crippen LogP contribution in [-0.2, 0) is 14.6 Å². The highest BCUT2D eigenvalue weighted by Crippen LogP contribution is 2.05. The van der Waals surface area contributed by atoms with Crippen molar-refractivity contribution in [2.24, 2.45) is 0 Å². The summed E-state index contributed by atoms with van der Waals surface area (Å²) in [7, 11) is -4.47. The highest BCUT2D eigenvalue weighted by Gasteiger charge is 1.94. The van der Waals surface area contributed by atoms with Gasteiger partial charge in [-0.2, -0.15) is 0 Å². The van der Waals surface area contributed by atoms with E-state index in [4.69, 9.17) is 0 Å². The Balaban J connectivity index is 0. The van der Waals surface area contributed by atoms with Gasteiger partial charge in [-0.1, -0.05) is 39.0 Å². The molecule has 0 aliphatic heterocycles. The third-order valence-corrected chi connectivity index (χ3v) is 2.76. The van der Waals surface area contributed by atoms with Crippen molar-refractivity contribution in [1.29, 1.82) is 0 Å². The van der Waals surface area contributed by atoms with Crippen molar-refractivity contribution < 1.29 is 22.5 Å². The lowest BCUT2D eigenvalue weighted by Crippen LogP contribution is -2.82. The van der Waals surface area contributed by atoms with Gasteiger partial charge in [0.25, 0.3) is 0 Å². The van der Waals surface area contributed by atoms with Crippen LogP contribution in [0.15, 0.2) is 0 Å². The van der Waals surface area contributed by atoms with Crippen molar-refractivity contribution in [1.82, 2.24) is 0 Å². The first-order valence-electron chi connectivity index (χ1n) is 6.89. The Morgan fingerprint density at radius 1 is 0.944 bits per heavy atom. The fourth-order valence-corrected chi connectivity index (χ4v) is 1.65. The smallest absolute Gasteiger partial charge is 0.217 e. The molecular weight excluding hydrogens is 254 g/mol. The Kier molecular flexibility index (Phi) is 16.7. The molecule has 0 rings (SSSR count). The molecule has 2 N–H and O–H groups in total. The van der Waals surface area contributed by atoms with E-state index in [1.165, 1.54) is 32.4 Å². The molecule has 0 saturated carbocycles. The molecule has 0 aromatic carbocycles. The molecule has 0 spiro atoms. The van der Waals surface area contributed by atoms with E-state index >= 15 is 0 Å². The molecule has 0 aliphatic carbocycles. The van der Waals surface area contributed by atoms with Crippen molar-refractivity contribution in [2.45, 2.75) is 59.3 Å². The Morgan fingerprint density at radius 3 is 1.83 bits per heavy atom. The van der Waals surface area contributed by atoms with E-state index in [2.05, 4.69) is 30.3 Å². The van der Waals surface area contributed by atoms with E-state index in [1.54, 1.807) is 0 Å². The van der Waals surface area contributed by atoms with Gasteiger partial charge in [-0.25, -0.2) is 8.42 Å². The minimum absolute atomic E-state index is 0.0258. The normalized spacial score (nSPS) is 10.9. The molecule has 0 atom stereocenters. The van der Waals surface area contributed by atoms with Crippen molar-refractivity contribution in [2.75, 3.05) is 19.7 Å². The number of nitrogens with two attached hydrogens (primary N) is 1. The summed E-state index contributed by atoms with van der Waals surface area (Å²) < 4.78 is 34.0. The van der Waals surface area contributed by atoms with Crippen LogP contribution in [0, 0.1) is 0 Å². The summed E-state index contributed by atoms with van der Waals surface area (Å²) in [4.78, 5) is 0. The van der Waals surface area contributed by atoms with Gasteiger partial charge in [0.15, 0.2) is 0 Å². The Bertz CT molecular complexity index is 240. The monoisotopic (exact) mass is 283 g/mol. The molecule has 0 aliphatic rings. The highest BCUT2D eigenvalue weighted by molar-refractivity contribution is 7.80. The summed E-state index contributed by atoms with van der Waals surface area (Å²) in [6.45, 7) is 8.91. The van der Waals surface area contributed by atoms with Crippen LogP contribution in [0.4, 0.5) is 0 Å². The quantitative estimate of drug-likeness (QED) is 0.373. The zero-order valence-corrected chi connectivity index (χ0v) is 12.8. The van der Waals surface area contributed by atoms with E-state index < -0.39 is 10.4 Å². The molecule has 0 saturated heterocycles. The molecule has 0 aromatic rings. The Hall–Kier alpha value is -0.170. The van der Waals surface area contributed by atoms with Gasteiger partial charge in [0.1, 0.15) is 0 Å². The average Bonchev–Trinajstić information content (AvgIpc) is 2.28. The Morgan fingerprint density at radius 2 is 1.44 bits per heavy atom. The van der Waals surface area contributed by atoms with E-state index in [9.17, 15) is 13.0 Å². The number of rotatable bonds is 10. The number of hydrogen-bond acceptors (Lipinski definition) is 4. The summed E-state index contributed by atoms with van der Waals surface area (Å²) in [5, 5.41) is 2.25. The maximum absolute atomic E-state index is 9.99. The van der Waals surface area contributed by atoms with E-state index in [0.717, 1.165) is 12.8 Å². The van der Waals surface area contributed by atoms with Crippen LogP contribution in [0.25, 0.3) is 0 Å². The largest absolute Gasteiger partial charge is 0.726 e. The van der Waals surface area contributed by atoms with Crippen molar-refractivity contribution in [3.63, 3.8) is 0 Å². The fraction of sp³-hybridized carbons (Fsp3) is 1.00. The highest BCUT2D eigenvalue weighted by atomic mass is 32.3. The van der Waals surface area contributed by atoms with E-state index in [-0.39, 0.29) is 6.61 Å². The molecule has 0 radical (unpaired) electrons. The van der Waals surface area contributed by atoms with Crippen LogP contribution < -0.4 is 5.32 Å². The lowest BCUT2D eigenvalue weighted by molar-refractivity contribution is -0.648. The molecular formula is C12H29NO4S. The summed E-state index contributed by atoms with van der Waals surface area (Å²) in [6.07, 6.45) is 6.21. The van der Waals surface area contributed by atoms with Crippen LogP contribution >= 0.6 is 0 Å². The first-order valence-corrected chi connectivity index (χ1v) is 8.23. The zero-order chi connectivity index (χ0) is 14.3. The second kappa shape index (κ2) is 14.9. The maximum Gasteiger partial charge on any atom is 0.217 e. The Labute approximate surface area is 112 Å².